The van der Waals surface area contributed by atoms with Gasteiger partial charge in [0, 0.05) is 11.3 Å². The second kappa shape index (κ2) is 6.85. The molecule has 0 aliphatic rings. The summed E-state index contributed by atoms with van der Waals surface area (Å²) in [5.41, 5.74) is 2.34. The molecule has 0 aliphatic carbocycles. The van der Waals surface area contributed by atoms with Crippen molar-refractivity contribution in [2.75, 3.05) is 5.32 Å². The van der Waals surface area contributed by atoms with Gasteiger partial charge >= 0.3 is 0 Å². The number of amides is 2. The molecule has 0 bridgehead atoms. The summed E-state index contributed by atoms with van der Waals surface area (Å²) >= 11 is 0. The number of carbonyl (C=O) groups is 2. The monoisotopic (exact) mass is 297 g/mol. The highest BCUT2D eigenvalue weighted by Gasteiger charge is 2.17. The maximum Gasteiger partial charge on any atom is 0.251 e. The van der Waals surface area contributed by atoms with E-state index in [0.717, 1.165) is 11.3 Å². The molecule has 1 aromatic heterocycles. The van der Waals surface area contributed by atoms with E-state index in [0.29, 0.717) is 11.4 Å². The predicted octanol–water partition coefficient (Wildman–Crippen LogP) is 2.46. The summed E-state index contributed by atoms with van der Waals surface area (Å²) in [5, 5.41) is 5.37. The summed E-state index contributed by atoms with van der Waals surface area (Å²) in [5.74, 6) is -0.107. The third-order valence-electron chi connectivity index (χ3n) is 3.16. The summed E-state index contributed by atoms with van der Waals surface area (Å²) in [7, 11) is 0. The Morgan fingerprint density at radius 1 is 1.09 bits per heavy atom. The fourth-order valence-corrected chi connectivity index (χ4v) is 1.98. The average Bonchev–Trinajstić information content (AvgIpc) is 2.47. The van der Waals surface area contributed by atoms with Gasteiger partial charge in [0.25, 0.3) is 5.91 Å². The van der Waals surface area contributed by atoms with Crippen LogP contribution in [0.4, 0.5) is 5.82 Å². The van der Waals surface area contributed by atoms with Crippen LogP contribution in [0.15, 0.2) is 42.5 Å². The minimum Gasteiger partial charge on any atom is -0.341 e. The zero-order valence-corrected chi connectivity index (χ0v) is 12.9. The van der Waals surface area contributed by atoms with Crippen LogP contribution in [-0.2, 0) is 4.79 Å². The third kappa shape index (κ3) is 4.15. The lowest BCUT2D eigenvalue weighted by Crippen LogP contribution is -2.41. The standard InChI is InChI=1S/C17H19N3O2/c1-11-6-4-8-14(10-11)17(22)19-13(3)16(21)20-15-9-5-7-12(2)18-15/h4-10,13H,1-3H3,(H,19,22)(H,18,20,21)/t13-/m0/s1. The molecule has 1 aromatic carbocycles. The lowest BCUT2D eigenvalue weighted by molar-refractivity contribution is -0.117. The Balaban J connectivity index is 1.98. The molecule has 0 fully saturated rings. The number of carbonyl (C=O) groups excluding carboxylic acids is 2. The molecule has 0 saturated heterocycles. The molecule has 0 radical (unpaired) electrons. The molecule has 114 valence electrons. The molecule has 0 unspecified atom stereocenters. The van der Waals surface area contributed by atoms with Crippen molar-refractivity contribution in [2.45, 2.75) is 26.8 Å². The van der Waals surface area contributed by atoms with Crippen LogP contribution < -0.4 is 10.6 Å². The molecule has 1 atom stereocenters. The molecule has 2 amide bonds. The Morgan fingerprint density at radius 3 is 2.50 bits per heavy atom. The van der Waals surface area contributed by atoms with Gasteiger partial charge in [-0.3, -0.25) is 9.59 Å². The Kier molecular flexibility index (Phi) is 4.88. The molecule has 2 rings (SSSR count). The van der Waals surface area contributed by atoms with Gasteiger partial charge in [-0.25, -0.2) is 4.98 Å². The van der Waals surface area contributed by atoms with Crippen molar-refractivity contribution in [1.29, 1.82) is 0 Å². The van der Waals surface area contributed by atoms with Crippen LogP contribution in [0.1, 0.15) is 28.5 Å². The number of aromatic nitrogens is 1. The van der Waals surface area contributed by atoms with Gasteiger partial charge in [-0.05, 0) is 45.0 Å². The van der Waals surface area contributed by atoms with Crippen molar-refractivity contribution in [2.24, 2.45) is 0 Å². The Bertz CT molecular complexity index is 698. The fourth-order valence-electron chi connectivity index (χ4n) is 1.98. The van der Waals surface area contributed by atoms with Crippen molar-refractivity contribution >= 4 is 17.6 Å². The number of rotatable bonds is 4. The molecule has 0 saturated carbocycles. The van der Waals surface area contributed by atoms with Gasteiger partial charge in [0.15, 0.2) is 0 Å². The van der Waals surface area contributed by atoms with Crippen molar-refractivity contribution < 1.29 is 9.59 Å². The first kappa shape index (κ1) is 15.7. The number of anilines is 1. The van der Waals surface area contributed by atoms with Crippen LogP contribution >= 0.6 is 0 Å². The van der Waals surface area contributed by atoms with Crippen LogP contribution in [0.2, 0.25) is 0 Å². The van der Waals surface area contributed by atoms with E-state index in [2.05, 4.69) is 15.6 Å². The molecule has 0 spiro atoms. The SMILES string of the molecule is Cc1cccc(C(=O)N[C@@H](C)C(=O)Nc2cccc(C)n2)c1. The number of benzene rings is 1. The Morgan fingerprint density at radius 2 is 1.82 bits per heavy atom. The number of hydrogen-bond acceptors (Lipinski definition) is 3. The predicted molar refractivity (Wildman–Crippen MR) is 85.7 cm³/mol. The van der Waals surface area contributed by atoms with Gasteiger partial charge in [0.2, 0.25) is 5.91 Å². The number of aryl methyl sites for hydroxylation is 2. The number of hydrogen-bond donors (Lipinski definition) is 2. The van der Waals surface area contributed by atoms with Crippen LogP contribution in [0.5, 0.6) is 0 Å². The topological polar surface area (TPSA) is 71.1 Å². The van der Waals surface area contributed by atoms with E-state index in [4.69, 9.17) is 0 Å². The summed E-state index contributed by atoms with van der Waals surface area (Å²) in [6.45, 7) is 5.40. The van der Waals surface area contributed by atoms with Gasteiger partial charge in [-0.15, -0.1) is 0 Å². The van der Waals surface area contributed by atoms with Gasteiger partial charge < -0.3 is 10.6 Å². The first-order chi connectivity index (χ1) is 10.5. The molecular weight excluding hydrogens is 278 g/mol. The Hall–Kier alpha value is -2.69. The van der Waals surface area contributed by atoms with Crippen molar-refractivity contribution in [3.05, 3.63) is 59.3 Å². The van der Waals surface area contributed by atoms with E-state index < -0.39 is 6.04 Å². The molecular formula is C17H19N3O2. The number of pyridine rings is 1. The number of nitrogens with zero attached hydrogens (tertiary/aromatic N) is 1. The highest BCUT2D eigenvalue weighted by Crippen LogP contribution is 2.06. The quantitative estimate of drug-likeness (QED) is 0.910. The minimum absolute atomic E-state index is 0.274. The smallest absolute Gasteiger partial charge is 0.251 e. The van der Waals surface area contributed by atoms with Crippen LogP contribution in [0.25, 0.3) is 0 Å². The van der Waals surface area contributed by atoms with Gasteiger partial charge in [0.05, 0.1) is 0 Å². The molecule has 5 heteroatoms. The lowest BCUT2D eigenvalue weighted by atomic mass is 10.1. The summed E-state index contributed by atoms with van der Waals surface area (Å²) in [6.07, 6.45) is 0. The first-order valence-corrected chi connectivity index (χ1v) is 7.08. The molecule has 0 aliphatic heterocycles. The minimum atomic E-state index is -0.657. The fraction of sp³-hybridized carbons (Fsp3) is 0.235. The highest BCUT2D eigenvalue weighted by atomic mass is 16.2. The number of nitrogens with one attached hydrogen (secondary N) is 2. The van der Waals surface area contributed by atoms with Gasteiger partial charge in [-0.1, -0.05) is 23.8 Å². The van der Waals surface area contributed by atoms with Crippen LogP contribution in [-0.4, -0.2) is 22.8 Å². The van der Waals surface area contributed by atoms with E-state index in [1.807, 2.05) is 38.1 Å². The average molecular weight is 297 g/mol. The summed E-state index contributed by atoms with van der Waals surface area (Å²) in [4.78, 5) is 28.4. The Labute approximate surface area is 129 Å². The first-order valence-electron chi connectivity index (χ1n) is 7.08. The molecule has 5 nitrogen and oxygen atoms in total. The molecule has 1 heterocycles. The van der Waals surface area contributed by atoms with Crippen LogP contribution in [0, 0.1) is 13.8 Å². The molecule has 2 N–H and O–H groups in total. The second-order valence-corrected chi connectivity index (χ2v) is 5.22. The summed E-state index contributed by atoms with van der Waals surface area (Å²) < 4.78 is 0. The zero-order valence-electron chi connectivity index (χ0n) is 12.9. The molecule has 22 heavy (non-hydrogen) atoms. The lowest BCUT2D eigenvalue weighted by Gasteiger charge is -2.14. The van der Waals surface area contributed by atoms with Gasteiger partial charge in [0.1, 0.15) is 11.9 Å². The molecule has 2 aromatic rings. The van der Waals surface area contributed by atoms with E-state index in [1.165, 1.54) is 0 Å². The van der Waals surface area contributed by atoms with E-state index >= 15 is 0 Å². The third-order valence-corrected chi connectivity index (χ3v) is 3.16. The van der Waals surface area contributed by atoms with Gasteiger partial charge in [-0.2, -0.15) is 0 Å². The van der Waals surface area contributed by atoms with E-state index in [9.17, 15) is 9.59 Å². The van der Waals surface area contributed by atoms with E-state index in [1.54, 1.807) is 25.1 Å². The van der Waals surface area contributed by atoms with E-state index in [-0.39, 0.29) is 11.8 Å². The van der Waals surface area contributed by atoms with Crippen molar-refractivity contribution in [3.8, 4) is 0 Å². The maximum atomic E-state index is 12.1. The normalized spacial score (nSPS) is 11.6. The van der Waals surface area contributed by atoms with Crippen molar-refractivity contribution in [3.63, 3.8) is 0 Å². The largest absolute Gasteiger partial charge is 0.341 e. The maximum absolute atomic E-state index is 12.1. The van der Waals surface area contributed by atoms with Crippen molar-refractivity contribution in [1.82, 2.24) is 10.3 Å². The highest BCUT2D eigenvalue weighted by molar-refractivity contribution is 6.00. The van der Waals surface area contributed by atoms with Crippen LogP contribution in [0.3, 0.4) is 0 Å². The summed E-state index contributed by atoms with van der Waals surface area (Å²) in [6, 6.07) is 11.9. The zero-order chi connectivity index (χ0) is 16.1. The second-order valence-electron chi connectivity index (χ2n) is 5.22.